The van der Waals surface area contributed by atoms with Gasteiger partial charge in [0.15, 0.2) is 0 Å². The average molecular weight is 602 g/mol. The first kappa shape index (κ1) is 39.6. The van der Waals surface area contributed by atoms with Crippen molar-refractivity contribution in [2.75, 3.05) is 33.4 Å². The molecule has 2 rings (SSSR count). The van der Waals surface area contributed by atoms with Gasteiger partial charge < -0.3 is 36.3 Å². The minimum Gasteiger partial charge on any atom is -0.444 e. The highest BCUT2D eigenvalue weighted by Crippen LogP contribution is 2.26. The molecule has 2 fully saturated rings. The van der Waals surface area contributed by atoms with Gasteiger partial charge in [-0.15, -0.1) is 0 Å². The van der Waals surface area contributed by atoms with Crippen LogP contribution in [-0.2, 0) is 28.6 Å². The number of carbonyl (C=O) groups excluding carboxylic acids is 4. The standard InChI is InChI=1S/C15H25N3O4.C11H25NO2.C4H9NO/c1-15(2,3)22-14(21)18-9-5-7-11(18)13(20)17-8-4-6-10(17)12(16)19;1-10(2,12)6-9-14-11(3,4)7-8-13-5;1-2-3-4(5)6/h10-11H,4-9H2,1-3H3,(H2,16,19);6-9,12H2,1-5H3;2-3H2,1H3,(H2,5,6). The third-order valence-corrected chi connectivity index (χ3v) is 6.67. The average Bonchev–Trinajstić information content (AvgIpc) is 3.51. The van der Waals surface area contributed by atoms with Gasteiger partial charge in [-0.05, 0) is 93.4 Å². The summed E-state index contributed by atoms with van der Waals surface area (Å²) in [5.41, 5.74) is 15.1. The van der Waals surface area contributed by atoms with E-state index in [2.05, 4.69) is 13.8 Å². The largest absolute Gasteiger partial charge is 0.444 e. The molecule has 246 valence electrons. The highest BCUT2D eigenvalue weighted by Gasteiger charge is 2.42. The van der Waals surface area contributed by atoms with Gasteiger partial charge in [0.05, 0.1) is 5.60 Å². The minimum atomic E-state index is -0.601. The van der Waals surface area contributed by atoms with Gasteiger partial charge in [0.2, 0.25) is 17.7 Å². The van der Waals surface area contributed by atoms with Crippen LogP contribution in [-0.4, -0.2) is 95.9 Å². The summed E-state index contributed by atoms with van der Waals surface area (Å²) in [6.07, 6.45) is 5.40. The lowest BCUT2D eigenvalue weighted by molar-refractivity contribution is -0.140. The van der Waals surface area contributed by atoms with Crippen LogP contribution in [0.25, 0.3) is 0 Å². The maximum atomic E-state index is 12.7. The predicted octanol–water partition coefficient (Wildman–Crippen LogP) is 3.08. The monoisotopic (exact) mass is 601 g/mol. The molecule has 0 aromatic rings. The minimum absolute atomic E-state index is 0.110. The number of hydrogen-bond donors (Lipinski definition) is 3. The van der Waals surface area contributed by atoms with E-state index in [1.165, 1.54) is 9.80 Å². The molecule has 2 saturated heterocycles. The Morgan fingerprint density at radius 1 is 0.833 bits per heavy atom. The van der Waals surface area contributed by atoms with Crippen LogP contribution in [0.2, 0.25) is 0 Å². The maximum Gasteiger partial charge on any atom is 0.410 e. The molecule has 2 heterocycles. The molecule has 0 radical (unpaired) electrons. The zero-order valence-electron chi connectivity index (χ0n) is 27.6. The molecular formula is C30H59N5O7. The maximum absolute atomic E-state index is 12.7. The molecule has 42 heavy (non-hydrogen) atoms. The smallest absolute Gasteiger partial charge is 0.410 e. The van der Waals surface area contributed by atoms with E-state index < -0.39 is 29.7 Å². The fourth-order valence-corrected chi connectivity index (χ4v) is 4.34. The third kappa shape index (κ3) is 16.9. The Bertz CT molecular complexity index is 852. The molecule has 12 nitrogen and oxygen atoms in total. The number of hydrogen-bond acceptors (Lipinski definition) is 8. The molecule has 0 bridgehead atoms. The number of nitrogens with two attached hydrogens (primary N) is 3. The summed E-state index contributed by atoms with van der Waals surface area (Å²) in [6, 6.07) is -1.09. The van der Waals surface area contributed by atoms with E-state index in [0.717, 1.165) is 38.7 Å². The Labute approximate surface area is 253 Å². The summed E-state index contributed by atoms with van der Waals surface area (Å²) in [5, 5.41) is 0. The molecule has 6 N–H and O–H groups in total. The summed E-state index contributed by atoms with van der Waals surface area (Å²) in [7, 11) is 1.71. The summed E-state index contributed by atoms with van der Waals surface area (Å²) in [5.74, 6) is -0.880. The van der Waals surface area contributed by atoms with Crippen molar-refractivity contribution in [1.29, 1.82) is 0 Å². The van der Waals surface area contributed by atoms with Crippen molar-refractivity contribution >= 4 is 23.8 Å². The molecule has 2 aliphatic rings. The van der Waals surface area contributed by atoms with Crippen molar-refractivity contribution in [1.82, 2.24) is 9.80 Å². The van der Waals surface area contributed by atoms with Gasteiger partial charge in [-0.25, -0.2) is 4.79 Å². The van der Waals surface area contributed by atoms with Crippen molar-refractivity contribution in [3.63, 3.8) is 0 Å². The van der Waals surface area contributed by atoms with Gasteiger partial charge in [-0.3, -0.25) is 19.3 Å². The van der Waals surface area contributed by atoms with Crippen LogP contribution in [0.4, 0.5) is 4.79 Å². The van der Waals surface area contributed by atoms with Crippen LogP contribution in [0.3, 0.4) is 0 Å². The molecule has 0 saturated carbocycles. The second-order valence-electron chi connectivity index (χ2n) is 13.2. The normalized spacial score (nSPS) is 18.9. The van der Waals surface area contributed by atoms with Gasteiger partial charge in [-0.2, -0.15) is 0 Å². The Morgan fingerprint density at radius 3 is 1.81 bits per heavy atom. The highest BCUT2D eigenvalue weighted by atomic mass is 16.6. The van der Waals surface area contributed by atoms with Gasteiger partial charge in [0, 0.05) is 45.4 Å². The summed E-state index contributed by atoms with van der Waals surface area (Å²) in [6.45, 7) is 17.9. The predicted molar refractivity (Wildman–Crippen MR) is 163 cm³/mol. The number of methoxy groups -OCH3 is 1. The van der Waals surface area contributed by atoms with E-state index in [4.69, 9.17) is 31.4 Å². The molecule has 0 spiro atoms. The number of rotatable bonds is 11. The van der Waals surface area contributed by atoms with Crippen molar-refractivity contribution in [3.8, 4) is 0 Å². The second-order valence-corrected chi connectivity index (χ2v) is 13.2. The van der Waals surface area contributed by atoms with Crippen molar-refractivity contribution in [2.24, 2.45) is 17.2 Å². The summed E-state index contributed by atoms with van der Waals surface area (Å²) >= 11 is 0. The molecule has 2 atom stereocenters. The lowest BCUT2D eigenvalue weighted by Crippen LogP contribution is -2.52. The van der Waals surface area contributed by atoms with Gasteiger partial charge >= 0.3 is 6.09 Å². The van der Waals surface area contributed by atoms with Gasteiger partial charge in [0.25, 0.3) is 0 Å². The molecule has 0 aliphatic carbocycles. The van der Waals surface area contributed by atoms with E-state index in [1.54, 1.807) is 27.9 Å². The van der Waals surface area contributed by atoms with Gasteiger partial charge in [-0.1, -0.05) is 6.92 Å². The number of carbonyl (C=O) groups is 4. The Morgan fingerprint density at radius 2 is 1.38 bits per heavy atom. The summed E-state index contributed by atoms with van der Waals surface area (Å²) in [4.78, 5) is 49.2. The first-order valence-electron chi connectivity index (χ1n) is 15.0. The highest BCUT2D eigenvalue weighted by molar-refractivity contribution is 5.91. The van der Waals surface area contributed by atoms with E-state index in [-0.39, 0.29) is 23.0 Å². The van der Waals surface area contributed by atoms with Crippen LogP contribution in [0.5, 0.6) is 0 Å². The molecule has 2 unspecified atom stereocenters. The SMILES string of the molecule is CC(C)(C)OC(=O)N1CCCC1C(=O)N1CCCC1C(N)=O.CCCC(N)=O.COCCC(C)(C)OCCC(C)(C)N. The molecule has 0 aromatic heterocycles. The lowest BCUT2D eigenvalue weighted by Gasteiger charge is -2.31. The first-order chi connectivity index (χ1) is 19.2. The molecule has 0 aromatic carbocycles. The van der Waals surface area contributed by atoms with E-state index >= 15 is 0 Å². The zero-order chi connectivity index (χ0) is 32.7. The van der Waals surface area contributed by atoms with Crippen LogP contribution < -0.4 is 17.2 Å². The fraction of sp³-hybridized carbons (Fsp3) is 0.867. The van der Waals surface area contributed by atoms with Crippen molar-refractivity contribution < 1.29 is 33.4 Å². The zero-order valence-corrected chi connectivity index (χ0v) is 27.6. The number of likely N-dealkylation sites (tertiary alicyclic amines) is 2. The second kappa shape index (κ2) is 18.3. The van der Waals surface area contributed by atoms with E-state index in [9.17, 15) is 19.2 Å². The summed E-state index contributed by atoms with van der Waals surface area (Å²) < 4.78 is 16.1. The van der Waals surface area contributed by atoms with Crippen LogP contribution in [0.1, 0.15) is 107 Å². The Hall–Kier alpha value is -2.44. The Kier molecular flexibility index (Phi) is 17.2. The van der Waals surface area contributed by atoms with Gasteiger partial charge in [0.1, 0.15) is 17.7 Å². The lowest BCUT2D eigenvalue weighted by atomic mass is 10.0. The third-order valence-electron chi connectivity index (χ3n) is 6.67. The van der Waals surface area contributed by atoms with E-state index in [0.29, 0.717) is 39.0 Å². The van der Waals surface area contributed by atoms with Crippen LogP contribution >= 0.6 is 0 Å². The van der Waals surface area contributed by atoms with Crippen molar-refractivity contribution in [2.45, 2.75) is 136 Å². The number of ether oxygens (including phenoxy) is 3. The molecule has 12 heteroatoms. The van der Waals surface area contributed by atoms with Crippen LogP contribution in [0.15, 0.2) is 0 Å². The quantitative estimate of drug-likeness (QED) is 0.323. The number of nitrogens with zero attached hydrogens (tertiary/aromatic N) is 2. The first-order valence-corrected chi connectivity index (χ1v) is 15.0. The van der Waals surface area contributed by atoms with Crippen LogP contribution in [0, 0.1) is 0 Å². The number of amides is 4. The number of primary amides is 2. The molecule has 4 amide bonds. The molecule has 2 aliphatic heterocycles. The molecular weight excluding hydrogens is 542 g/mol. The topological polar surface area (TPSA) is 181 Å². The van der Waals surface area contributed by atoms with E-state index in [1.807, 2.05) is 20.8 Å². The van der Waals surface area contributed by atoms with Crippen molar-refractivity contribution in [3.05, 3.63) is 0 Å². The Balaban J connectivity index is 0.000000719. The fourth-order valence-electron chi connectivity index (χ4n) is 4.34.